The molecule has 2 heterocycles. The number of carbonyl (C=O) groups is 2. The number of carbonyl (C=O) groups excluding carboxylic acids is 2. The van der Waals surface area contributed by atoms with Crippen molar-refractivity contribution >= 4 is 11.8 Å². The van der Waals surface area contributed by atoms with Crippen LogP contribution in [-0.2, 0) is 16.1 Å². The maximum atomic E-state index is 12.6. The summed E-state index contributed by atoms with van der Waals surface area (Å²) in [6.45, 7) is 7.46. The lowest BCUT2D eigenvalue weighted by molar-refractivity contribution is -0.128. The highest BCUT2D eigenvalue weighted by molar-refractivity contribution is 5.94. The van der Waals surface area contributed by atoms with Crippen molar-refractivity contribution in [3.63, 3.8) is 0 Å². The maximum absolute atomic E-state index is 12.6. The Morgan fingerprint density at radius 1 is 1.36 bits per heavy atom. The zero-order chi connectivity index (χ0) is 17.9. The Bertz CT molecular complexity index is 617. The van der Waals surface area contributed by atoms with Crippen LogP contribution in [0.4, 0.5) is 0 Å². The summed E-state index contributed by atoms with van der Waals surface area (Å²) >= 11 is 0. The normalized spacial score (nSPS) is 26.4. The lowest BCUT2D eigenvalue weighted by Crippen LogP contribution is -2.42. The van der Waals surface area contributed by atoms with E-state index in [0.717, 1.165) is 32.5 Å². The van der Waals surface area contributed by atoms with E-state index < -0.39 is 5.41 Å². The van der Waals surface area contributed by atoms with Gasteiger partial charge in [0, 0.05) is 19.6 Å². The quantitative estimate of drug-likeness (QED) is 0.830. The standard InChI is InChI=1S/C20H29N3O2/c1-15(2)8-10-21-18(24)17-12-20(19(25)22-17)9-11-23(14-20)13-16-6-4-3-5-7-16/h3-7,15,17H,8-14H2,1-2H3,(H,21,24)(H,22,25)/t17-,20-/m0/s1. The third kappa shape index (κ3) is 4.21. The van der Waals surface area contributed by atoms with Crippen LogP contribution in [-0.4, -0.2) is 42.4 Å². The summed E-state index contributed by atoms with van der Waals surface area (Å²) in [5, 5.41) is 5.90. The van der Waals surface area contributed by atoms with Gasteiger partial charge in [0.05, 0.1) is 5.41 Å². The van der Waals surface area contributed by atoms with Gasteiger partial charge in [-0.2, -0.15) is 0 Å². The first kappa shape index (κ1) is 17.9. The van der Waals surface area contributed by atoms with Gasteiger partial charge in [0.2, 0.25) is 11.8 Å². The Morgan fingerprint density at radius 3 is 2.84 bits per heavy atom. The molecule has 3 rings (SSSR count). The van der Waals surface area contributed by atoms with Gasteiger partial charge in [-0.1, -0.05) is 44.2 Å². The molecule has 0 aromatic heterocycles. The van der Waals surface area contributed by atoms with Crippen LogP contribution in [0.2, 0.25) is 0 Å². The van der Waals surface area contributed by atoms with Crippen LogP contribution in [0.1, 0.15) is 38.7 Å². The van der Waals surface area contributed by atoms with Crippen molar-refractivity contribution in [3.05, 3.63) is 35.9 Å². The molecule has 2 aliphatic rings. The average Bonchev–Trinajstić information content (AvgIpc) is 3.13. The van der Waals surface area contributed by atoms with Gasteiger partial charge in [-0.05, 0) is 37.3 Å². The van der Waals surface area contributed by atoms with Crippen LogP contribution >= 0.6 is 0 Å². The van der Waals surface area contributed by atoms with E-state index in [0.29, 0.717) is 18.9 Å². The summed E-state index contributed by atoms with van der Waals surface area (Å²) in [6, 6.07) is 9.95. The van der Waals surface area contributed by atoms with Gasteiger partial charge in [0.25, 0.3) is 0 Å². The largest absolute Gasteiger partial charge is 0.354 e. The molecule has 2 atom stereocenters. The molecule has 136 valence electrons. The molecule has 0 radical (unpaired) electrons. The summed E-state index contributed by atoms with van der Waals surface area (Å²) < 4.78 is 0. The van der Waals surface area contributed by atoms with Crippen LogP contribution in [0.5, 0.6) is 0 Å². The van der Waals surface area contributed by atoms with Gasteiger partial charge in [-0.15, -0.1) is 0 Å². The van der Waals surface area contributed by atoms with Gasteiger partial charge in [-0.3, -0.25) is 14.5 Å². The van der Waals surface area contributed by atoms with Gasteiger partial charge in [0.1, 0.15) is 6.04 Å². The zero-order valence-corrected chi connectivity index (χ0v) is 15.3. The number of hydrogen-bond donors (Lipinski definition) is 2. The smallest absolute Gasteiger partial charge is 0.242 e. The number of nitrogens with one attached hydrogen (secondary N) is 2. The number of likely N-dealkylation sites (tertiary alicyclic amines) is 1. The number of nitrogens with zero attached hydrogens (tertiary/aromatic N) is 1. The lowest BCUT2D eigenvalue weighted by Gasteiger charge is -2.21. The highest BCUT2D eigenvalue weighted by atomic mass is 16.2. The molecule has 1 spiro atoms. The molecule has 0 aliphatic carbocycles. The van der Waals surface area contributed by atoms with Gasteiger partial charge < -0.3 is 10.6 Å². The summed E-state index contributed by atoms with van der Waals surface area (Å²) in [6.07, 6.45) is 2.41. The predicted octanol–water partition coefficient (Wildman–Crippen LogP) is 1.93. The highest BCUT2D eigenvalue weighted by Crippen LogP contribution is 2.40. The van der Waals surface area contributed by atoms with Gasteiger partial charge in [0.15, 0.2) is 0 Å². The highest BCUT2D eigenvalue weighted by Gasteiger charge is 2.52. The van der Waals surface area contributed by atoms with Crippen molar-refractivity contribution in [3.8, 4) is 0 Å². The molecule has 0 unspecified atom stereocenters. The van der Waals surface area contributed by atoms with Crippen LogP contribution in [0.25, 0.3) is 0 Å². The second-order valence-corrected chi connectivity index (χ2v) is 7.93. The molecule has 0 bridgehead atoms. The van der Waals surface area contributed by atoms with Crippen LogP contribution in [0.15, 0.2) is 30.3 Å². The second-order valence-electron chi connectivity index (χ2n) is 7.93. The lowest BCUT2D eigenvalue weighted by atomic mass is 9.84. The van der Waals surface area contributed by atoms with Crippen molar-refractivity contribution < 1.29 is 9.59 Å². The molecule has 1 aromatic carbocycles. The first-order valence-electron chi connectivity index (χ1n) is 9.33. The number of rotatable bonds is 6. The zero-order valence-electron chi connectivity index (χ0n) is 15.3. The van der Waals surface area contributed by atoms with E-state index in [-0.39, 0.29) is 17.9 Å². The van der Waals surface area contributed by atoms with Crippen molar-refractivity contribution in [1.82, 2.24) is 15.5 Å². The Morgan fingerprint density at radius 2 is 2.12 bits per heavy atom. The second kappa shape index (κ2) is 7.56. The first-order chi connectivity index (χ1) is 12.0. The van der Waals surface area contributed by atoms with E-state index in [2.05, 4.69) is 41.5 Å². The molecule has 2 saturated heterocycles. The SMILES string of the molecule is CC(C)CCNC(=O)[C@@H]1C[C@]2(CCN(Cc3ccccc3)C2)C(=O)N1. The minimum atomic E-state index is -0.394. The molecular formula is C20H29N3O2. The monoisotopic (exact) mass is 343 g/mol. The number of hydrogen-bond acceptors (Lipinski definition) is 3. The Labute approximate surface area is 150 Å². The molecule has 5 heteroatoms. The number of benzene rings is 1. The summed E-state index contributed by atoms with van der Waals surface area (Å²) in [5.74, 6) is 0.575. The molecule has 0 saturated carbocycles. The third-order valence-corrected chi connectivity index (χ3v) is 5.40. The van der Waals surface area contributed by atoms with Gasteiger partial charge >= 0.3 is 0 Å². The number of amides is 2. The van der Waals surface area contributed by atoms with E-state index >= 15 is 0 Å². The molecule has 2 amide bonds. The van der Waals surface area contributed by atoms with Gasteiger partial charge in [-0.25, -0.2) is 0 Å². The molecular weight excluding hydrogens is 314 g/mol. The fraction of sp³-hybridized carbons (Fsp3) is 0.600. The Balaban J connectivity index is 1.54. The fourth-order valence-electron chi connectivity index (χ4n) is 3.90. The van der Waals surface area contributed by atoms with Crippen LogP contribution < -0.4 is 10.6 Å². The topological polar surface area (TPSA) is 61.4 Å². The first-order valence-corrected chi connectivity index (χ1v) is 9.33. The Hall–Kier alpha value is -1.88. The molecule has 1 aromatic rings. The van der Waals surface area contributed by atoms with E-state index in [1.54, 1.807) is 0 Å². The molecule has 5 nitrogen and oxygen atoms in total. The Kier molecular flexibility index (Phi) is 5.42. The molecule has 2 aliphatic heterocycles. The third-order valence-electron chi connectivity index (χ3n) is 5.40. The van der Waals surface area contributed by atoms with Crippen molar-refractivity contribution in [2.45, 2.75) is 45.7 Å². The van der Waals surface area contributed by atoms with Crippen molar-refractivity contribution in [2.75, 3.05) is 19.6 Å². The van der Waals surface area contributed by atoms with E-state index in [4.69, 9.17) is 0 Å². The maximum Gasteiger partial charge on any atom is 0.242 e. The molecule has 2 fully saturated rings. The molecule has 25 heavy (non-hydrogen) atoms. The predicted molar refractivity (Wildman–Crippen MR) is 97.8 cm³/mol. The van der Waals surface area contributed by atoms with E-state index in [1.165, 1.54) is 5.56 Å². The average molecular weight is 343 g/mol. The van der Waals surface area contributed by atoms with Crippen LogP contribution in [0, 0.1) is 11.3 Å². The molecule has 2 N–H and O–H groups in total. The summed E-state index contributed by atoms with van der Waals surface area (Å²) in [7, 11) is 0. The van der Waals surface area contributed by atoms with Crippen LogP contribution in [0.3, 0.4) is 0 Å². The van der Waals surface area contributed by atoms with Crippen molar-refractivity contribution in [1.29, 1.82) is 0 Å². The van der Waals surface area contributed by atoms with E-state index in [9.17, 15) is 9.59 Å². The minimum absolute atomic E-state index is 0.0348. The van der Waals surface area contributed by atoms with Crippen molar-refractivity contribution in [2.24, 2.45) is 11.3 Å². The summed E-state index contributed by atoms with van der Waals surface area (Å²) in [4.78, 5) is 27.2. The van der Waals surface area contributed by atoms with E-state index in [1.807, 2.05) is 18.2 Å². The fourth-order valence-corrected chi connectivity index (χ4v) is 3.90. The summed E-state index contributed by atoms with van der Waals surface area (Å²) in [5.41, 5.74) is 0.871. The minimum Gasteiger partial charge on any atom is -0.354 e.